The number of rotatable bonds is 7. The van der Waals surface area contributed by atoms with Crippen LogP contribution in [-0.4, -0.2) is 68.2 Å². The van der Waals surface area contributed by atoms with E-state index in [-0.39, 0.29) is 5.92 Å². The minimum atomic E-state index is 0.278. The summed E-state index contributed by atoms with van der Waals surface area (Å²) in [6.45, 7) is 7.93. The Morgan fingerprint density at radius 2 is 1.72 bits per heavy atom. The average molecular weight is 442 g/mol. The van der Waals surface area contributed by atoms with E-state index >= 15 is 0 Å². The van der Waals surface area contributed by atoms with E-state index in [1.807, 2.05) is 12.3 Å². The molecule has 0 radical (unpaired) electrons. The third-order valence-corrected chi connectivity index (χ3v) is 8.26. The first-order valence-corrected chi connectivity index (χ1v) is 12.9. The molecule has 1 aromatic heterocycles. The minimum absolute atomic E-state index is 0.278. The molecule has 2 saturated heterocycles. The van der Waals surface area contributed by atoms with Crippen LogP contribution in [0.2, 0.25) is 0 Å². The lowest BCUT2D eigenvalue weighted by Crippen LogP contribution is -2.47. The molecule has 0 N–H and O–H groups in total. The number of anilines is 1. The van der Waals surface area contributed by atoms with Crippen molar-refractivity contribution in [1.82, 2.24) is 9.88 Å². The molecule has 1 aliphatic carbocycles. The maximum absolute atomic E-state index is 12.6. The van der Waals surface area contributed by atoms with Crippen LogP contribution in [0.15, 0.2) is 12.3 Å². The summed E-state index contributed by atoms with van der Waals surface area (Å²) in [7, 11) is 0. The SMILES string of the molecule is O=C(CC1CCC(CCN2CCN(c3nccc4c3CCO4)CC2)CC1)C1CCOCC1. The Hall–Kier alpha value is -1.66. The van der Waals surface area contributed by atoms with Gasteiger partial charge >= 0.3 is 0 Å². The van der Waals surface area contributed by atoms with E-state index in [4.69, 9.17) is 9.47 Å². The van der Waals surface area contributed by atoms with Crippen LogP contribution in [0.4, 0.5) is 5.82 Å². The number of nitrogens with zero attached hydrogens (tertiary/aromatic N) is 3. The lowest BCUT2D eigenvalue weighted by Gasteiger charge is -2.37. The monoisotopic (exact) mass is 441 g/mol. The van der Waals surface area contributed by atoms with Crippen molar-refractivity contribution in [3.05, 3.63) is 17.8 Å². The van der Waals surface area contributed by atoms with Crippen molar-refractivity contribution in [1.29, 1.82) is 0 Å². The summed E-state index contributed by atoms with van der Waals surface area (Å²) in [4.78, 5) is 22.4. The van der Waals surface area contributed by atoms with E-state index in [9.17, 15) is 4.79 Å². The predicted molar refractivity (Wildman–Crippen MR) is 125 cm³/mol. The van der Waals surface area contributed by atoms with Crippen molar-refractivity contribution in [2.24, 2.45) is 17.8 Å². The first-order valence-electron chi connectivity index (χ1n) is 12.9. The van der Waals surface area contributed by atoms with Gasteiger partial charge < -0.3 is 14.4 Å². The predicted octanol–water partition coefficient (Wildman–Crippen LogP) is 3.72. The fraction of sp³-hybridized carbons (Fsp3) is 0.769. The van der Waals surface area contributed by atoms with Crippen molar-refractivity contribution in [3.8, 4) is 5.75 Å². The number of piperazine rings is 1. The van der Waals surface area contributed by atoms with E-state index in [1.165, 1.54) is 44.2 Å². The number of carbonyl (C=O) groups excluding carboxylic acids is 1. The van der Waals surface area contributed by atoms with Gasteiger partial charge in [-0.25, -0.2) is 4.98 Å². The molecule has 5 rings (SSSR count). The Kier molecular flexibility index (Phi) is 7.28. The maximum Gasteiger partial charge on any atom is 0.136 e. The van der Waals surface area contributed by atoms with E-state index in [2.05, 4.69) is 14.8 Å². The van der Waals surface area contributed by atoms with Crippen LogP contribution in [0.3, 0.4) is 0 Å². The Labute approximate surface area is 192 Å². The van der Waals surface area contributed by atoms with E-state index in [0.717, 1.165) is 89.2 Å². The molecule has 0 amide bonds. The quantitative estimate of drug-likeness (QED) is 0.643. The third-order valence-electron chi connectivity index (χ3n) is 8.26. The lowest BCUT2D eigenvalue weighted by molar-refractivity contribution is -0.126. The third kappa shape index (κ3) is 5.28. The molecule has 0 aromatic carbocycles. The molecule has 3 fully saturated rings. The topological polar surface area (TPSA) is 54.9 Å². The van der Waals surface area contributed by atoms with Gasteiger partial charge in [-0.05, 0) is 56.6 Å². The smallest absolute Gasteiger partial charge is 0.136 e. The molecule has 6 nitrogen and oxygen atoms in total. The average Bonchev–Trinajstić information content (AvgIpc) is 3.34. The summed E-state index contributed by atoms with van der Waals surface area (Å²) < 4.78 is 11.1. The summed E-state index contributed by atoms with van der Waals surface area (Å²) >= 11 is 0. The molecule has 1 saturated carbocycles. The minimum Gasteiger partial charge on any atom is -0.493 e. The fourth-order valence-electron chi connectivity index (χ4n) is 6.11. The van der Waals surface area contributed by atoms with Crippen LogP contribution in [-0.2, 0) is 16.0 Å². The maximum atomic E-state index is 12.6. The number of ketones is 1. The highest BCUT2D eigenvalue weighted by Crippen LogP contribution is 2.35. The first-order chi connectivity index (χ1) is 15.8. The Balaban J connectivity index is 1.00. The van der Waals surface area contributed by atoms with Gasteiger partial charge in [0.05, 0.1) is 6.61 Å². The molecule has 0 unspecified atom stereocenters. The van der Waals surface area contributed by atoms with Crippen molar-refractivity contribution in [2.75, 3.05) is 57.4 Å². The van der Waals surface area contributed by atoms with Gasteiger partial charge in [-0.2, -0.15) is 0 Å². The summed E-state index contributed by atoms with van der Waals surface area (Å²) in [5.41, 5.74) is 1.30. The molecule has 0 atom stereocenters. The molecule has 0 spiro atoms. The molecule has 6 heteroatoms. The Bertz CT molecular complexity index is 764. The zero-order valence-electron chi connectivity index (χ0n) is 19.5. The number of ether oxygens (including phenoxy) is 2. The fourth-order valence-corrected chi connectivity index (χ4v) is 6.11. The standard InChI is InChI=1S/C26H39N3O3/c30-24(22-7-16-31-17-8-22)19-21-3-1-20(2-4-21)6-11-28-12-14-29(15-13-28)26-23-9-18-32-25(23)5-10-27-26/h5,10,20-22H,1-4,6-9,11-19H2. The number of carbonyl (C=O) groups is 1. The number of Topliss-reactive ketones (excluding diaryl/α,β-unsaturated/α-hetero) is 1. The molecule has 32 heavy (non-hydrogen) atoms. The largest absolute Gasteiger partial charge is 0.493 e. The molecule has 176 valence electrons. The van der Waals surface area contributed by atoms with Crippen LogP contribution in [0.25, 0.3) is 0 Å². The molecule has 1 aromatic rings. The summed E-state index contributed by atoms with van der Waals surface area (Å²) in [5.74, 6) is 4.45. The second-order valence-corrected chi connectivity index (χ2v) is 10.3. The Morgan fingerprint density at radius 1 is 0.969 bits per heavy atom. The molecule has 3 aliphatic heterocycles. The first kappa shape index (κ1) is 22.1. The number of hydrogen-bond acceptors (Lipinski definition) is 6. The van der Waals surface area contributed by atoms with Crippen LogP contribution in [0, 0.1) is 17.8 Å². The number of pyridine rings is 1. The molecular formula is C26H39N3O3. The van der Waals surface area contributed by atoms with Gasteiger partial charge in [0, 0.05) is 69.9 Å². The van der Waals surface area contributed by atoms with Gasteiger partial charge in [0.1, 0.15) is 17.4 Å². The van der Waals surface area contributed by atoms with Crippen LogP contribution < -0.4 is 9.64 Å². The molecule has 0 bridgehead atoms. The lowest BCUT2D eigenvalue weighted by atomic mass is 9.77. The van der Waals surface area contributed by atoms with Crippen LogP contribution >= 0.6 is 0 Å². The van der Waals surface area contributed by atoms with Gasteiger partial charge in [0.25, 0.3) is 0 Å². The number of aromatic nitrogens is 1. The van der Waals surface area contributed by atoms with E-state index in [0.29, 0.717) is 11.7 Å². The highest BCUT2D eigenvalue weighted by Gasteiger charge is 2.28. The second kappa shape index (κ2) is 10.5. The van der Waals surface area contributed by atoms with Gasteiger partial charge in [-0.3, -0.25) is 9.69 Å². The highest BCUT2D eigenvalue weighted by molar-refractivity contribution is 5.81. The van der Waals surface area contributed by atoms with E-state index < -0.39 is 0 Å². The summed E-state index contributed by atoms with van der Waals surface area (Å²) in [6.07, 6.45) is 12.0. The van der Waals surface area contributed by atoms with Crippen molar-refractivity contribution in [2.45, 2.75) is 57.8 Å². The summed E-state index contributed by atoms with van der Waals surface area (Å²) in [5, 5.41) is 0. The number of hydrogen-bond donors (Lipinski definition) is 0. The summed E-state index contributed by atoms with van der Waals surface area (Å²) in [6, 6.07) is 2.00. The molecular weight excluding hydrogens is 402 g/mol. The normalized spacial score (nSPS) is 27.2. The highest BCUT2D eigenvalue weighted by atomic mass is 16.5. The van der Waals surface area contributed by atoms with Gasteiger partial charge in [-0.15, -0.1) is 0 Å². The zero-order chi connectivity index (χ0) is 21.8. The van der Waals surface area contributed by atoms with Gasteiger partial charge in [-0.1, -0.05) is 12.8 Å². The molecule has 4 heterocycles. The molecule has 4 aliphatic rings. The van der Waals surface area contributed by atoms with Crippen molar-refractivity contribution >= 4 is 11.6 Å². The van der Waals surface area contributed by atoms with Crippen molar-refractivity contribution in [3.63, 3.8) is 0 Å². The van der Waals surface area contributed by atoms with Crippen LogP contribution in [0.5, 0.6) is 5.75 Å². The number of fused-ring (bicyclic) bond motifs is 1. The van der Waals surface area contributed by atoms with Crippen LogP contribution in [0.1, 0.15) is 56.9 Å². The van der Waals surface area contributed by atoms with Gasteiger partial charge in [0.2, 0.25) is 0 Å². The zero-order valence-corrected chi connectivity index (χ0v) is 19.5. The van der Waals surface area contributed by atoms with Gasteiger partial charge in [0.15, 0.2) is 0 Å². The second-order valence-electron chi connectivity index (χ2n) is 10.3. The van der Waals surface area contributed by atoms with Crippen molar-refractivity contribution < 1.29 is 14.3 Å². The van der Waals surface area contributed by atoms with E-state index in [1.54, 1.807) is 0 Å². The Morgan fingerprint density at radius 3 is 2.50 bits per heavy atom.